The molecule has 15 heteroatoms. The fourth-order valence-electron chi connectivity index (χ4n) is 7.82. The van der Waals surface area contributed by atoms with Gasteiger partial charge >= 0.3 is 11.9 Å². The number of rotatable bonds is 40. The van der Waals surface area contributed by atoms with Crippen LogP contribution in [0.2, 0.25) is 0 Å². The third-order valence-electron chi connectivity index (χ3n) is 12.2. The Bertz CT molecular complexity index is 1490. The summed E-state index contributed by atoms with van der Waals surface area (Å²) >= 11 is 0. The Labute approximate surface area is 419 Å². The highest BCUT2D eigenvalue weighted by Gasteiger charge is 2.47. The fourth-order valence-corrected chi connectivity index (χ4v) is 7.82. The maximum atomic E-state index is 13.0. The molecule has 2 aliphatic heterocycles. The molecule has 0 aromatic heterocycles. The quantitative estimate of drug-likeness (QED) is 0.0176. The molecule has 0 aromatic carbocycles. The molecule has 0 aliphatic carbocycles. The van der Waals surface area contributed by atoms with Crippen LogP contribution >= 0.6 is 0 Å². The summed E-state index contributed by atoms with van der Waals surface area (Å²) in [5, 5.41) is 72.1. The number of hydrogen-bond acceptors (Lipinski definition) is 15. The van der Waals surface area contributed by atoms with Crippen LogP contribution in [-0.4, -0.2) is 142 Å². The van der Waals surface area contributed by atoms with Crippen LogP contribution in [0.1, 0.15) is 168 Å². The van der Waals surface area contributed by atoms with Gasteiger partial charge in [-0.15, -0.1) is 0 Å². The maximum Gasteiger partial charge on any atom is 0.306 e. The first-order valence-corrected chi connectivity index (χ1v) is 26.5. The zero-order chi connectivity index (χ0) is 51.0. The molecule has 0 spiro atoms. The molecule has 0 saturated carbocycles. The van der Waals surface area contributed by atoms with Gasteiger partial charge in [0.25, 0.3) is 0 Å². The minimum absolute atomic E-state index is 0.132. The van der Waals surface area contributed by atoms with E-state index in [0.29, 0.717) is 12.8 Å². The maximum absolute atomic E-state index is 13.0. The molecule has 2 aliphatic rings. The monoisotopic (exact) mass is 993 g/mol. The van der Waals surface area contributed by atoms with Crippen molar-refractivity contribution >= 4 is 11.9 Å². The smallest absolute Gasteiger partial charge is 0.306 e. The lowest BCUT2D eigenvalue weighted by Gasteiger charge is -2.42. The van der Waals surface area contributed by atoms with E-state index in [0.717, 1.165) is 89.9 Å². The van der Waals surface area contributed by atoms with Gasteiger partial charge in [0.2, 0.25) is 0 Å². The number of carbonyl (C=O) groups excluding carboxylic acids is 2. The second kappa shape index (κ2) is 41.4. The number of aliphatic hydroxyl groups excluding tert-OH is 7. The van der Waals surface area contributed by atoms with Crippen LogP contribution in [0.3, 0.4) is 0 Å². The van der Waals surface area contributed by atoms with Crippen molar-refractivity contribution in [1.82, 2.24) is 0 Å². The first-order valence-electron chi connectivity index (χ1n) is 26.5. The van der Waals surface area contributed by atoms with Gasteiger partial charge in [0.05, 0.1) is 19.8 Å². The van der Waals surface area contributed by atoms with Crippen LogP contribution in [0, 0.1) is 0 Å². The lowest BCUT2D eigenvalue weighted by Crippen LogP contribution is -2.61. The average molecular weight is 993 g/mol. The lowest BCUT2D eigenvalue weighted by molar-refractivity contribution is -0.332. The molecule has 0 radical (unpaired) electrons. The fraction of sp³-hybridized carbons (Fsp3) is 0.745. The summed E-state index contributed by atoms with van der Waals surface area (Å²) in [7, 11) is 0. The molecule has 0 amide bonds. The molecule has 2 heterocycles. The number of allylic oxidation sites excluding steroid dienone is 12. The van der Waals surface area contributed by atoms with E-state index >= 15 is 0 Å². The van der Waals surface area contributed by atoms with Gasteiger partial charge < -0.3 is 64.2 Å². The van der Waals surface area contributed by atoms with Gasteiger partial charge in [-0.3, -0.25) is 9.59 Å². The third-order valence-corrected chi connectivity index (χ3v) is 12.2. The van der Waals surface area contributed by atoms with Gasteiger partial charge in [-0.1, -0.05) is 145 Å². The zero-order valence-electron chi connectivity index (χ0n) is 42.5. The zero-order valence-corrected chi connectivity index (χ0v) is 42.5. The minimum atomic E-state index is -1.77. The predicted molar refractivity (Wildman–Crippen MR) is 270 cm³/mol. The van der Waals surface area contributed by atoms with E-state index in [1.807, 2.05) is 0 Å². The topological polar surface area (TPSA) is 231 Å². The Hall–Kier alpha value is -3.06. The van der Waals surface area contributed by atoms with Crippen LogP contribution in [-0.2, 0) is 38.0 Å². The van der Waals surface area contributed by atoms with Crippen LogP contribution < -0.4 is 0 Å². The molecule has 402 valence electrons. The lowest BCUT2D eigenvalue weighted by atomic mass is 9.98. The van der Waals surface area contributed by atoms with Crippen LogP contribution in [0.25, 0.3) is 0 Å². The van der Waals surface area contributed by atoms with Gasteiger partial charge in [-0.2, -0.15) is 0 Å². The van der Waals surface area contributed by atoms with Crippen molar-refractivity contribution in [1.29, 1.82) is 0 Å². The predicted octanol–water partition coefficient (Wildman–Crippen LogP) is 7.82. The van der Waals surface area contributed by atoms with Crippen LogP contribution in [0.15, 0.2) is 72.9 Å². The van der Waals surface area contributed by atoms with Crippen molar-refractivity contribution < 1.29 is 73.8 Å². The summed E-state index contributed by atoms with van der Waals surface area (Å²) in [6.07, 6.45) is 32.0. The molecule has 2 fully saturated rings. The number of aliphatic hydroxyl groups is 7. The Kier molecular flexibility index (Phi) is 37.3. The van der Waals surface area contributed by atoms with Crippen LogP contribution in [0.4, 0.5) is 0 Å². The van der Waals surface area contributed by atoms with Crippen molar-refractivity contribution in [3.05, 3.63) is 72.9 Å². The molecule has 11 atom stereocenters. The Morgan fingerprint density at radius 3 is 1.41 bits per heavy atom. The van der Waals surface area contributed by atoms with E-state index in [1.165, 1.54) is 38.5 Å². The summed E-state index contributed by atoms with van der Waals surface area (Å²) in [6.45, 7) is 2.41. The molecule has 2 rings (SSSR count). The molecule has 0 bridgehead atoms. The SMILES string of the molecule is CC/C=C\C/C=C\C/C=C\C/C=C\CCCCCCC(=O)OC(COC(=O)CCCCCCCCC/C=C\C/C=C\CCCCC)COC1OC(COC2OC(CO)C(O)C(O)C2O)C(O)C(O)C1O. The van der Waals surface area contributed by atoms with E-state index in [-0.39, 0.29) is 19.4 Å². The number of ether oxygens (including phenoxy) is 6. The Morgan fingerprint density at radius 1 is 0.471 bits per heavy atom. The van der Waals surface area contributed by atoms with Gasteiger partial charge in [-0.25, -0.2) is 0 Å². The Morgan fingerprint density at radius 2 is 0.900 bits per heavy atom. The largest absolute Gasteiger partial charge is 0.462 e. The summed E-state index contributed by atoms with van der Waals surface area (Å²) in [6, 6.07) is 0. The van der Waals surface area contributed by atoms with Gasteiger partial charge in [0.1, 0.15) is 55.4 Å². The average Bonchev–Trinajstić information content (AvgIpc) is 3.35. The van der Waals surface area contributed by atoms with Gasteiger partial charge in [0, 0.05) is 12.8 Å². The molecular formula is C55H92O15. The normalized spacial score (nSPS) is 26.0. The summed E-state index contributed by atoms with van der Waals surface area (Å²) in [5.41, 5.74) is 0. The summed E-state index contributed by atoms with van der Waals surface area (Å²) in [4.78, 5) is 25.8. The molecule has 15 nitrogen and oxygen atoms in total. The number of carbonyl (C=O) groups is 2. The summed E-state index contributed by atoms with van der Waals surface area (Å²) < 4.78 is 33.6. The van der Waals surface area contributed by atoms with E-state index in [1.54, 1.807) is 0 Å². The highest BCUT2D eigenvalue weighted by molar-refractivity contribution is 5.70. The number of hydrogen-bond donors (Lipinski definition) is 7. The number of esters is 2. The first-order chi connectivity index (χ1) is 34.0. The third kappa shape index (κ3) is 28.8. The van der Waals surface area contributed by atoms with Crippen LogP contribution in [0.5, 0.6) is 0 Å². The first kappa shape index (κ1) is 63.1. The molecule has 0 aromatic rings. The standard InChI is InChI=1S/C55H92O15/c1-3-5-7-9-11-13-15-17-19-21-23-25-27-29-31-33-35-37-46(57)65-40-43(68-47(58)38-36-34-32-30-28-26-24-22-20-18-16-14-12-10-8-6-4-2)41-66-54-53(64)51(62)49(60)45(70-54)42-67-55-52(63)50(61)48(59)44(39-56)69-55/h6,8,11-14,17-20,24,26,43-45,48-56,59-64H,3-5,7,9-10,15-16,21-23,25,27-42H2,1-2H3/b8-6-,13-11-,14-12-,19-17-,20-18-,26-24-. The molecule has 2 saturated heterocycles. The highest BCUT2D eigenvalue weighted by atomic mass is 16.7. The van der Waals surface area contributed by atoms with E-state index < -0.39 is 99.3 Å². The van der Waals surface area contributed by atoms with E-state index in [4.69, 9.17) is 28.4 Å². The second-order valence-electron chi connectivity index (χ2n) is 18.3. The Balaban J connectivity index is 1.81. The molecule has 70 heavy (non-hydrogen) atoms. The van der Waals surface area contributed by atoms with Crippen molar-refractivity contribution in [2.75, 3.05) is 26.4 Å². The van der Waals surface area contributed by atoms with Crippen molar-refractivity contribution in [3.63, 3.8) is 0 Å². The summed E-state index contributed by atoms with van der Waals surface area (Å²) in [5.74, 6) is -0.967. The number of unbranched alkanes of at least 4 members (excludes halogenated alkanes) is 14. The van der Waals surface area contributed by atoms with E-state index in [9.17, 15) is 45.3 Å². The van der Waals surface area contributed by atoms with Gasteiger partial charge in [-0.05, 0) is 83.5 Å². The van der Waals surface area contributed by atoms with Crippen molar-refractivity contribution in [2.45, 2.75) is 235 Å². The highest BCUT2D eigenvalue weighted by Crippen LogP contribution is 2.26. The molecule has 7 N–H and O–H groups in total. The van der Waals surface area contributed by atoms with Crippen molar-refractivity contribution in [3.8, 4) is 0 Å². The molecule has 11 unspecified atom stereocenters. The molecular weight excluding hydrogens is 901 g/mol. The second-order valence-corrected chi connectivity index (χ2v) is 18.3. The van der Waals surface area contributed by atoms with Crippen molar-refractivity contribution in [2.24, 2.45) is 0 Å². The van der Waals surface area contributed by atoms with Gasteiger partial charge in [0.15, 0.2) is 18.7 Å². The minimum Gasteiger partial charge on any atom is -0.462 e. The van der Waals surface area contributed by atoms with E-state index in [2.05, 4.69) is 86.8 Å².